The van der Waals surface area contributed by atoms with Gasteiger partial charge in [0.2, 0.25) is 0 Å². The molecule has 1 aliphatic rings. The highest BCUT2D eigenvalue weighted by Crippen LogP contribution is 2.33. The molecule has 1 aromatic carbocycles. The number of nitrogens with zero attached hydrogens (tertiary/aromatic N) is 2. The van der Waals surface area contributed by atoms with Crippen molar-refractivity contribution in [2.24, 2.45) is 0 Å². The van der Waals surface area contributed by atoms with E-state index in [1.807, 2.05) is 5.51 Å². The van der Waals surface area contributed by atoms with E-state index in [2.05, 4.69) is 29.1 Å². The first-order valence-electron chi connectivity index (χ1n) is 5.69. The standard InChI is InChI=1S/C12H15N3OS/c1-15(8-4-5-16-6-8)9-2-3-10-12(11(9)13)14-7-17-10/h2-3,7-8H,4-6,13H2,1H3. The van der Waals surface area contributed by atoms with Crippen molar-refractivity contribution in [2.75, 3.05) is 30.9 Å². The van der Waals surface area contributed by atoms with Crippen LogP contribution in [-0.2, 0) is 4.74 Å². The number of hydrogen-bond donors (Lipinski definition) is 1. The van der Waals surface area contributed by atoms with Crippen LogP contribution in [-0.4, -0.2) is 31.3 Å². The van der Waals surface area contributed by atoms with Gasteiger partial charge in [-0.15, -0.1) is 11.3 Å². The highest BCUT2D eigenvalue weighted by atomic mass is 32.1. The zero-order chi connectivity index (χ0) is 11.8. The van der Waals surface area contributed by atoms with Crippen molar-refractivity contribution in [2.45, 2.75) is 12.5 Å². The Morgan fingerprint density at radius 2 is 2.41 bits per heavy atom. The molecule has 0 amide bonds. The van der Waals surface area contributed by atoms with Crippen molar-refractivity contribution in [1.29, 1.82) is 0 Å². The Bertz CT molecular complexity index is 534. The second kappa shape index (κ2) is 4.16. The van der Waals surface area contributed by atoms with Crippen LogP contribution in [0, 0.1) is 0 Å². The van der Waals surface area contributed by atoms with Crippen LogP contribution in [0.1, 0.15) is 6.42 Å². The van der Waals surface area contributed by atoms with E-state index in [4.69, 9.17) is 10.5 Å². The molecule has 0 radical (unpaired) electrons. The molecule has 5 heteroatoms. The van der Waals surface area contributed by atoms with Gasteiger partial charge in [-0.3, -0.25) is 0 Å². The molecule has 0 aliphatic carbocycles. The van der Waals surface area contributed by atoms with Crippen molar-refractivity contribution in [3.63, 3.8) is 0 Å². The third-order valence-corrected chi connectivity index (χ3v) is 4.15. The fourth-order valence-corrected chi connectivity index (χ4v) is 2.97. The first-order valence-corrected chi connectivity index (χ1v) is 6.57. The molecule has 0 saturated carbocycles. The monoisotopic (exact) mass is 249 g/mol. The van der Waals surface area contributed by atoms with Crippen LogP contribution < -0.4 is 10.6 Å². The summed E-state index contributed by atoms with van der Waals surface area (Å²) in [7, 11) is 2.07. The van der Waals surface area contributed by atoms with E-state index < -0.39 is 0 Å². The first kappa shape index (κ1) is 10.8. The van der Waals surface area contributed by atoms with Crippen LogP contribution in [0.2, 0.25) is 0 Å². The lowest BCUT2D eigenvalue weighted by Gasteiger charge is -2.26. The number of likely N-dealkylation sites (N-methyl/N-ethyl adjacent to an activating group) is 1. The smallest absolute Gasteiger partial charge is 0.106 e. The molecule has 3 rings (SSSR count). The second-order valence-corrected chi connectivity index (χ2v) is 5.21. The van der Waals surface area contributed by atoms with Crippen molar-refractivity contribution < 1.29 is 4.74 Å². The van der Waals surface area contributed by atoms with Gasteiger partial charge in [-0.05, 0) is 18.6 Å². The fraction of sp³-hybridized carbons (Fsp3) is 0.417. The van der Waals surface area contributed by atoms with Crippen molar-refractivity contribution in [3.8, 4) is 0 Å². The zero-order valence-corrected chi connectivity index (χ0v) is 10.5. The maximum atomic E-state index is 6.19. The van der Waals surface area contributed by atoms with E-state index in [1.165, 1.54) is 0 Å². The number of nitrogen functional groups attached to an aromatic ring is 1. The highest BCUT2D eigenvalue weighted by molar-refractivity contribution is 7.16. The molecule has 1 fully saturated rings. The van der Waals surface area contributed by atoms with Gasteiger partial charge < -0.3 is 15.4 Å². The summed E-state index contributed by atoms with van der Waals surface area (Å²) in [5.41, 5.74) is 10.8. The lowest BCUT2D eigenvalue weighted by molar-refractivity contribution is 0.193. The number of aromatic nitrogens is 1. The van der Waals surface area contributed by atoms with Gasteiger partial charge >= 0.3 is 0 Å². The van der Waals surface area contributed by atoms with Crippen LogP contribution in [0.4, 0.5) is 11.4 Å². The molecule has 90 valence electrons. The molecule has 2 heterocycles. The van der Waals surface area contributed by atoms with Crippen molar-refractivity contribution >= 4 is 32.9 Å². The largest absolute Gasteiger partial charge is 0.395 e. The van der Waals surface area contributed by atoms with Gasteiger partial charge in [0.15, 0.2) is 0 Å². The molecule has 1 saturated heterocycles. The first-order chi connectivity index (χ1) is 8.27. The minimum atomic E-state index is 0.424. The fourth-order valence-electron chi connectivity index (χ4n) is 2.27. The quantitative estimate of drug-likeness (QED) is 0.828. The number of thiazole rings is 1. The summed E-state index contributed by atoms with van der Waals surface area (Å²) in [4.78, 5) is 6.53. The van der Waals surface area contributed by atoms with Crippen LogP contribution in [0.3, 0.4) is 0 Å². The lowest BCUT2D eigenvalue weighted by Crippen LogP contribution is -2.32. The molecular weight excluding hydrogens is 234 g/mol. The molecule has 0 spiro atoms. The Hall–Kier alpha value is -1.33. The highest BCUT2D eigenvalue weighted by Gasteiger charge is 2.22. The molecule has 1 aromatic heterocycles. The number of benzene rings is 1. The molecule has 2 N–H and O–H groups in total. The number of ether oxygens (including phenoxy) is 1. The van der Waals surface area contributed by atoms with Gasteiger partial charge in [0, 0.05) is 13.7 Å². The normalized spacial score (nSPS) is 19.9. The minimum absolute atomic E-state index is 0.424. The molecule has 17 heavy (non-hydrogen) atoms. The average Bonchev–Trinajstić information content (AvgIpc) is 3.00. The molecule has 1 aliphatic heterocycles. The second-order valence-electron chi connectivity index (χ2n) is 4.33. The van der Waals surface area contributed by atoms with E-state index in [-0.39, 0.29) is 0 Å². The SMILES string of the molecule is CN(c1ccc2scnc2c1N)C1CCOC1. The summed E-state index contributed by atoms with van der Waals surface area (Å²) >= 11 is 1.62. The Morgan fingerprint density at radius 3 is 3.18 bits per heavy atom. The van der Waals surface area contributed by atoms with Gasteiger partial charge in [-0.1, -0.05) is 0 Å². The predicted octanol–water partition coefficient (Wildman–Crippen LogP) is 2.10. The third kappa shape index (κ3) is 1.75. The van der Waals surface area contributed by atoms with Crippen LogP contribution in [0.15, 0.2) is 17.6 Å². The summed E-state index contributed by atoms with van der Waals surface area (Å²) < 4.78 is 6.56. The maximum absolute atomic E-state index is 6.19. The number of nitrogens with two attached hydrogens (primary N) is 1. The molecule has 1 unspecified atom stereocenters. The molecule has 0 bridgehead atoms. The molecule has 2 aromatic rings. The van der Waals surface area contributed by atoms with E-state index in [0.717, 1.165) is 41.2 Å². The zero-order valence-electron chi connectivity index (χ0n) is 9.72. The van der Waals surface area contributed by atoms with Crippen LogP contribution in [0.25, 0.3) is 10.2 Å². The summed E-state index contributed by atoms with van der Waals surface area (Å²) in [5.74, 6) is 0. The lowest BCUT2D eigenvalue weighted by atomic mass is 10.1. The third-order valence-electron chi connectivity index (χ3n) is 3.35. The van der Waals surface area contributed by atoms with Gasteiger partial charge in [0.1, 0.15) is 5.52 Å². The van der Waals surface area contributed by atoms with Crippen LogP contribution >= 0.6 is 11.3 Å². The molecule has 1 atom stereocenters. The molecular formula is C12H15N3OS. The van der Waals surface area contributed by atoms with E-state index >= 15 is 0 Å². The predicted molar refractivity (Wildman–Crippen MR) is 71.7 cm³/mol. The van der Waals surface area contributed by atoms with Gasteiger partial charge in [-0.25, -0.2) is 4.98 Å². The number of hydrogen-bond acceptors (Lipinski definition) is 5. The Kier molecular flexibility index (Phi) is 2.64. The number of rotatable bonds is 2. The van der Waals surface area contributed by atoms with Crippen LogP contribution in [0.5, 0.6) is 0 Å². The molecule has 4 nitrogen and oxygen atoms in total. The van der Waals surface area contributed by atoms with Gasteiger partial charge in [-0.2, -0.15) is 0 Å². The summed E-state index contributed by atoms with van der Waals surface area (Å²) in [6.45, 7) is 1.62. The topological polar surface area (TPSA) is 51.4 Å². The number of anilines is 2. The van der Waals surface area contributed by atoms with Crippen molar-refractivity contribution in [3.05, 3.63) is 17.6 Å². The Balaban J connectivity index is 2.01. The maximum Gasteiger partial charge on any atom is 0.106 e. The Morgan fingerprint density at radius 1 is 1.53 bits per heavy atom. The number of fused-ring (bicyclic) bond motifs is 1. The summed E-state index contributed by atoms with van der Waals surface area (Å²) in [5, 5.41) is 0. The van der Waals surface area contributed by atoms with E-state index in [0.29, 0.717) is 6.04 Å². The van der Waals surface area contributed by atoms with E-state index in [1.54, 1.807) is 11.3 Å². The Labute approximate surface area is 104 Å². The van der Waals surface area contributed by atoms with Gasteiger partial charge in [0.25, 0.3) is 0 Å². The van der Waals surface area contributed by atoms with Crippen molar-refractivity contribution in [1.82, 2.24) is 4.98 Å². The minimum Gasteiger partial charge on any atom is -0.395 e. The average molecular weight is 249 g/mol. The van der Waals surface area contributed by atoms with E-state index in [9.17, 15) is 0 Å². The van der Waals surface area contributed by atoms with Gasteiger partial charge in [0.05, 0.1) is 34.2 Å². The summed E-state index contributed by atoms with van der Waals surface area (Å²) in [6.07, 6.45) is 1.06. The summed E-state index contributed by atoms with van der Waals surface area (Å²) in [6, 6.07) is 4.59.